The standard InChI is InChI=1S/C19H25N3O3/c1-21(11-15-4-2-3-8-20-15)19(24)16-10-14-7-9-22(12-17(14)25-16)18(23)13-5-6-13/h2-4,8,13-14,16-17H,5-7,9-12H2,1H3/t14-,16+,17+/m0/s1. The SMILES string of the molecule is CN(Cc1ccccn1)C(=O)[C@H]1C[C@@H]2CCN(C(=O)C3CC3)C[C@H]2O1. The highest BCUT2D eigenvalue weighted by atomic mass is 16.5. The summed E-state index contributed by atoms with van der Waals surface area (Å²) in [6.45, 7) is 1.94. The summed E-state index contributed by atoms with van der Waals surface area (Å²) in [5.74, 6) is 0.935. The van der Waals surface area contributed by atoms with Gasteiger partial charge in [-0.15, -0.1) is 0 Å². The zero-order valence-electron chi connectivity index (χ0n) is 14.6. The Morgan fingerprint density at radius 1 is 1.32 bits per heavy atom. The van der Waals surface area contributed by atoms with Crippen LogP contribution >= 0.6 is 0 Å². The summed E-state index contributed by atoms with van der Waals surface area (Å²) in [6, 6.07) is 5.71. The average Bonchev–Trinajstić information content (AvgIpc) is 3.39. The lowest BCUT2D eigenvalue weighted by atomic mass is 9.91. The van der Waals surface area contributed by atoms with Crippen LogP contribution in [0.5, 0.6) is 0 Å². The molecule has 6 nitrogen and oxygen atoms in total. The number of nitrogens with zero attached hydrogens (tertiary/aromatic N) is 3. The van der Waals surface area contributed by atoms with E-state index in [1.54, 1.807) is 18.1 Å². The van der Waals surface area contributed by atoms with E-state index in [0.29, 0.717) is 19.0 Å². The molecule has 25 heavy (non-hydrogen) atoms. The van der Waals surface area contributed by atoms with Crippen LogP contribution in [0.1, 0.15) is 31.4 Å². The van der Waals surface area contributed by atoms with Gasteiger partial charge >= 0.3 is 0 Å². The molecule has 3 atom stereocenters. The molecule has 0 spiro atoms. The van der Waals surface area contributed by atoms with Crippen molar-refractivity contribution in [3.8, 4) is 0 Å². The molecule has 6 heteroatoms. The molecule has 0 N–H and O–H groups in total. The normalized spacial score (nSPS) is 28.5. The predicted molar refractivity (Wildman–Crippen MR) is 91.4 cm³/mol. The van der Waals surface area contributed by atoms with Crippen molar-refractivity contribution in [3.63, 3.8) is 0 Å². The molecule has 0 aromatic carbocycles. The van der Waals surface area contributed by atoms with Crippen molar-refractivity contribution in [2.75, 3.05) is 20.1 Å². The van der Waals surface area contributed by atoms with Gasteiger partial charge in [0.2, 0.25) is 5.91 Å². The minimum absolute atomic E-state index is 0.00801. The van der Waals surface area contributed by atoms with E-state index in [-0.39, 0.29) is 29.9 Å². The Balaban J connectivity index is 1.33. The zero-order valence-corrected chi connectivity index (χ0v) is 14.6. The second-order valence-corrected chi connectivity index (χ2v) is 7.52. The van der Waals surface area contributed by atoms with Crippen LogP contribution in [0.2, 0.25) is 0 Å². The maximum absolute atomic E-state index is 12.7. The van der Waals surface area contributed by atoms with Crippen LogP contribution in [0.25, 0.3) is 0 Å². The maximum Gasteiger partial charge on any atom is 0.251 e. The van der Waals surface area contributed by atoms with E-state index in [0.717, 1.165) is 37.9 Å². The topological polar surface area (TPSA) is 62.7 Å². The summed E-state index contributed by atoms with van der Waals surface area (Å²) in [6.07, 6.45) is 5.12. The summed E-state index contributed by atoms with van der Waals surface area (Å²) in [5, 5.41) is 0. The second-order valence-electron chi connectivity index (χ2n) is 7.52. The molecule has 1 aromatic rings. The molecular weight excluding hydrogens is 318 g/mol. The zero-order chi connectivity index (χ0) is 17.4. The highest BCUT2D eigenvalue weighted by molar-refractivity contribution is 5.82. The third-order valence-electron chi connectivity index (χ3n) is 5.57. The summed E-state index contributed by atoms with van der Waals surface area (Å²) >= 11 is 0. The Bertz CT molecular complexity index is 647. The van der Waals surface area contributed by atoms with Crippen LogP contribution in [0.3, 0.4) is 0 Å². The first-order chi connectivity index (χ1) is 12.1. The highest BCUT2D eigenvalue weighted by Gasteiger charge is 2.45. The van der Waals surface area contributed by atoms with E-state index >= 15 is 0 Å². The quantitative estimate of drug-likeness (QED) is 0.830. The number of likely N-dealkylation sites (N-methyl/N-ethyl adjacent to an activating group) is 1. The first kappa shape index (κ1) is 16.5. The van der Waals surface area contributed by atoms with E-state index < -0.39 is 0 Å². The van der Waals surface area contributed by atoms with Crippen LogP contribution in [0.15, 0.2) is 24.4 Å². The minimum atomic E-state index is -0.389. The van der Waals surface area contributed by atoms with Gasteiger partial charge in [-0.05, 0) is 43.7 Å². The smallest absolute Gasteiger partial charge is 0.251 e. The fraction of sp³-hybridized carbons (Fsp3) is 0.632. The summed E-state index contributed by atoms with van der Waals surface area (Å²) < 4.78 is 6.06. The van der Waals surface area contributed by atoms with Gasteiger partial charge in [-0.3, -0.25) is 14.6 Å². The molecule has 3 heterocycles. The van der Waals surface area contributed by atoms with Crippen LogP contribution in [-0.4, -0.2) is 58.9 Å². The number of piperidine rings is 1. The number of amides is 2. The van der Waals surface area contributed by atoms with Crippen LogP contribution < -0.4 is 0 Å². The van der Waals surface area contributed by atoms with Gasteiger partial charge < -0.3 is 14.5 Å². The lowest BCUT2D eigenvalue weighted by Crippen LogP contribution is -2.46. The highest BCUT2D eigenvalue weighted by Crippen LogP contribution is 2.37. The Kier molecular flexibility index (Phi) is 4.46. The van der Waals surface area contributed by atoms with Gasteiger partial charge in [-0.25, -0.2) is 0 Å². The number of aromatic nitrogens is 1. The summed E-state index contributed by atoms with van der Waals surface area (Å²) in [7, 11) is 1.80. The molecule has 2 saturated heterocycles. The number of likely N-dealkylation sites (tertiary alicyclic amines) is 1. The Hall–Kier alpha value is -1.95. The van der Waals surface area contributed by atoms with Gasteiger partial charge in [0.05, 0.1) is 18.3 Å². The Labute approximate surface area is 148 Å². The number of carbonyl (C=O) groups excluding carboxylic acids is 2. The number of carbonyl (C=O) groups is 2. The largest absolute Gasteiger partial charge is 0.363 e. The van der Waals surface area contributed by atoms with Gasteiger partial charge in [0.1, 0.15) is 6.10 Å². The van der Waals surface area contributed by atoms with E-state index in [2.05, 4.69) is 4.98 Å². The fourth-order valence-corrected chi connectivity index (χ4v) is 3.94. The van der Waals surface area contributed by atoms with Crippen LogP contribution in [0.4, 0.5) is 0 Å². The molecule has 1 aromatic heterocycles. The van der Waals surface area contributed by atoms with Gasteiger partial charge in [0.15, 0.2) is 0 Å². The number of fused-ring (bicyclic) bond motifs is 1. The molecule has 134 valence electrons. The molecule has 3 aliphatic rings. The number of pyridine rings is 1. The van der Waals surface area contributed by atoms with E-state index in [1.165, 1.54) is 0 Å². The molecular formula is C19H25N3O3. The summed E-state index contributed by atoms with van der Waals surface area (Å²) in [4.78, 5) is 32.9. The number of hydrogen-bond donors (Lipinski definition) is 0. The molecule has 0 bridgehead atoms. The maximum atomic E-state index is 12.7. The average molecular weight is 343 g/mol. The van der Waals surface area contributed by atoms with Crippen molar-refractivity contribution >= 4 is 11.8 Å². The molecule has 1 aliphatic carbocycles. The Morgan fingerprint density at radius 3 is 2.88 bits per heavy atom. The van der Waals surface area contributed by atoms with Crippen molar-refractivity contribution in [2.24, 2.45) is 11.8 Å². The van der Waals surface area contributed by atoms with Crippen molar-refractivity contribution < 1.29 is 14.3 Å². The fourth-order valence-electron chi connectivity index (χ4n) is 3.94. The number of rotatable bonds is 4. The van der Waals surface area contributed by atoms with Crippen molar-refractivity contribution in [3.05, 3.63) is 30.1 Å². The molecule has 2 amide bonds. The second kappa shape index (κ2) is 6.75. The molecule has 1 saturated carbocycles. The van der Waals surface area contributed by atoms with E-state index in [4.69, 9.17) is 4.74 Å². The van der Waals surface area contributed by atoms with Crippen molar-refractivity contribution in [1.29, 1.82) is 0 Å². The van der Waals surface area contributed by atoms with Gasteiger partial charge in [-0.1, -0.05) is 6.07 Å². The van der Waals surface area contributed by atoms with Crippen molar-refractivity contribution in [1.82, 2.24) is 14.8 Å². The lowest BCUT2D eigenvalue weighted by molar-refractivity contribution is -0.144. The first-order valence-electron chi connectivity index (χ1n) is 9.21. The Morgan fingerprint density at radius 2 is 2.16 bits per heavy atom. The lowest BCUT2D eigenvalue weighted by Gasteiger charge is -2.34. The minimum Gasteiger partial charge on any atom is -0.363 e. The molecule has 4 rings (SSSR count). The van der Waals surface area contributed by atoms with Gasteiger partial charge in [0, 0.05) is 32.3 Å². The third kappa shape index (κ3) is 3.54. The van der Waals surface area contributed by atoms with Gasteiger partial charge in [-0.2, -0.15) is 0 Å². The van der Waals surface area contributed by atoms with Gasteiger partial charge in [0.25, 0.3) is 5.91 Å². The molecule has 2 aliphatic heterocycles. The van der Waals surface area contributed by atoms with E-state index in [9.17, 15) is 9.59 Å². The molecule has 0 unspecified atom stereocenters. The molecule has 3 fully saturated rings. The predicted octanol–water partition coefficient (Wildman–Crippen LogP) is 1.46. The molecule has 0 radical (unpaired) electrons. The van der Waals surface area contributed by atoms with E-state index in [1.807, 2.05) is 23.1 Å². The summed E-state index contributed by atoms with van der Waals surface area (Å²) in [5.41, 5.74) is 0.870. The van der Waals surface area contributed by atoms with Crippen LogP contribution in [0, 0.1) is 11.8 Å². The monoisotopic (exact) mass is 343 g/mol. The van der Waals surface area contributed by atoms with Crippen LogP contribution in [-0.2, 0) is 20.9 Å². The first-order valence-corrected chi connectivity index (χ1v) is 9.21. The third-order valence-corrected chi connectivity index (χ3v) is 5.57. The van der Waals surface area contributed by atoms with Crippen molar-refractivity contribution in [2.45, 2.75) is 44.4 Å². The number of hydrogen-bond acceptors (Lipinski definition) is 4. The number of ether oxygens (including phenoxy) is 1.